The molecule has 36 heavy (non-hydrogen) atoms. The van der Waals surface area contributed by atoms with Gasteiger partial charge in [-0.3, -0.25) is 4.79 Å². The number of carbonyl (C=O) groups excluding carboxylic acids is 1. The normalized spacial score (nSPS) is 15.0. The Kier molecular flexibility index (Phi) is 19.5. The average Bonchev–Trinajstić information content (AvgIpc) is 2.91. The van der Waals surface area contributed by atoms with Crippen LogP contribution in [0, 0.1) is 37.3 Å². The lowest BCUT2D eigenvalue weighted by Gasteiger charge is -2.30. The summed E-state index contributed by atoms with van der Waals surface area (Å²) in [6.07, 6.45) is 8.08. The number of benzene rings is 1. The lowest BCUT2D eigenvalue weighted by Crippen LogP contribution is -2.44. The van der Waals surface area contributed by atoms with Crippen LogP contribution in [-0.2, 0) is 4.79 Å². The van der Waals surface area contributed by atoms with E-state index in [4.69, 9.17) is 16.3 Å². The van der Waals surface area contributed by atoms with Crippen LogP contribution in [0.2, 0.25) is 0 Å². The number of nitrogens with two attached hydrogens (primary N) is 3. The zero-order valence-electron chi connectivity index (χ0n) is 23.5. The number of aryl methyl sites for hydroxylation is 1. The molecule has 0 aromatic heterocycles. The third-order valence-electron chi connectivity index (χ3n) is 6.25. The van der Waals surface area contributed by atoms with E-state index >= 15 is 0 Å². The second-order valence-corrected chi connectivity index (χ2v) is 8.39. The molecule has 0 amide bonds. The molecule has 1 aromatic rings. The second-order valence-electron chi connectivity index (χ2n) is 8.39. The third kappa shape index (κ3) is 10.7. The van der Waals surface area contributed by atoms with E-state index in [1.165, 1.54) is 45.2 Å². The highest BCUT2D eigenvalue weighted by atomic mass is 19.1. The molecule has 0 spiro atoms. The summed E-state index contributed by atoms with van der Waals surface area (Å²) in [5, 5.41) is 1.32. The highest BCUT2D eigenvalue weighted by molar-refractivity contribution is 5.85. The lowest BCUT2D eigenvalue weighted by atomic mass is 9.79. The molecule has 6 nitrogen and oxygen atoms in total. The fourth-order valence-electron chi connectivity index (χ4n) is 4.12. The summed E-state index contributed by atoms with van der Waals surface area (Å²) >= 11 is 0. The minimum atomic E-state index is -0.667. The van der Waals surface area contributed by atoms with Gasteiger partial charge in [0.1, 0.15) is 18.5 Å². The van der Waals surface area contributed by atoms with Crippen molar-refractivity contribution in [1.29, 1.82) is 0 Å². The molecule has 0 heterocycles. The Labute approximate surface area is 217 Å². The Balaban J connectivity index is 0. The summed E-state index contributed by atoms with van der Waals surface area (Å²) in [6, 6.07) is 0.441. The molecule has 1 fully saturated rings. The molecule has 8 heteroatoms. The molecule has 6 N–H and O–H groups in total. The number of hydrogen-bond donors (Lipinski definition) is 3. The summed E-state index contributed by atoms with van der Waals surface area (Å²) in [7, 11) is 1.50. The third-order valence-corrected chi connectivity index (χ3v) is 6.25. The van der Waals surface area contributed by atoms with Gasteiger partial charge in [-0.15, -0.1) is 13.2 Å². The molecule has 1 aliphatic carbocycles. The minimum absolute atomic E-state index is 0.0361. The quantitative estimate of drug-likeness (QED) is 0.216. The van der Waals surface area contributed by atoms with Crippen LogP contribution >= 0.6 is 0 Å². The fourth-order valence-corrected chi connectivity index (χ4v) is 4.12. The number of hydrogen-bond acceptors (Lipinski definition) is 6. The second kappa shape index (κ2) is 19.7. The van der Waals surface area contributed by atoms with E-state index in [1.807, 2.05) is 20.8 Å². The Morgan fingerprint density at radius 3 is 2.22 bits per heavy atom. The van der Waals surface area contributed by atoms with Gasteiger partial charge in [0, 0.05) is 17.5 Å². The molecule has 1 aromatic carbocycles. The first-order chi connectivity index (χ1) is 17.2. The highest BCUT2D eigenvalue weighted by Crippen LogP contribution is 2.32. The average molecular weight is 513 g/mol. The minimum Gasteiger partial charge on any atom is -0.482 e. The molecule has 2 unspecified atom stereocenters. The van der Waals surface area contributed by atoms with E-state index in [9.17, 15) is 13.6 Å². The number of halogens is 2. The van der Waals surface area contributed by atoms with Crippen LogP contribution in [0.1, 0.15) is 77.3 Å². The zero-order valence-corrected chi connectivity index (χ0v) is 23.5. The molecule has 0 radical (unpaired) electrons. The van der Waals surface area contributed by atoms with Gasteiger partial charge >= 0.3 is 0 Å². The van der Waals surface area contributed by atoms with Gasteiger partial charge < -0.3 is 21.2 Å². The summed E-state index contributed by atoms with van der Waals surface area (Å²) in [5.74, 6) is 5.07. The summed E-state index contributed by atoms with van der Waals surface area (Å²) in [4.78, 5) is 12.7. The van der Waals surface area contributed by atoms with E-state index in [0.717, 1.165) is 18.9 Å². The maximum atomic E-state index is 14.3. The van der Waals surface area contributed by atoms with Crippen molar-refractivity contribution < 1.29 is 18.3 Å². The number of Topliss-reactive ketones (excluding diaryl/α,β-unsaturated/α-hetero) is 1. The molecule has 0 bridgehead atoms. The number of ketones is 1. The molecule has 1 saturated carbocycles. The SMILES string of the molecule is C=C.CC.CCC(C(=O)COc1c(C)c(F)cc(C)c1F)N(N)/C=C(\N)C(C)C1CCCCC1.CN. The molecule has 2 atom stereocenters. The first-order valence-corrected chi connectivity index (χ1v) is 12.9. The van der Waals surface area contributed by atoms with E-state index in [2.05, 4.69) is 25.8 Å². The molecular formula is C28H50F2N4O2. The molecule has 2 rings (SSSR count). The van der Waals surface area contributed by atoms with Gasteiger partial charge in [-0.25, -0.2) is 14.6 Å². The van der Waals surface area contributed by atoms with Crippen LogP contribution in [0.3, 0.4) is 0 Å². The van der Waals surface area contributed by atoms with Crippen molar-refractivity contribution in [3.8, 4) is 5.75 Å². The van der Waals surface area contributed by atoms with E-state index in [-0.39, 0.29) is 28.6 Å². The smallest absolute Gasteiger partial charge is 0.194 e. The number of allylic oxidation sites excluding steroid dienone is 1. The van der Waals surface area contributed by atoms with Gasteiger partial charge in [-0.1, -0.05) is 47.0 Å². The summed E-state index contributed by atoms with van der Waals surface area (Å²) in [6.45, 7) is 16.4. The van der Waals surface area contributed by atoms with Gasteiger partial charge in [0.25, 0.3) is 0 Å². The number of carbonyl (C=O) groups is 1. The standard InChI is InChI=1S/C23H35F2N3O2.C2H6.C2H4.CH5N/c1-5-20(28(27)12-19(26)15(3)17-9-7-6-8-10-17)21(29)13-30-23-16(4)18(24)11-14(2)22(23)25;3*1-2/h11-12,15,17,20H,5-10,13,26-27H2,1-4H3;1-2H3;1-2H2;2H2,1H3/b19-12-;;;. The van der Waals surface area contributed by atoms with Crippen LogP contribution in [0.25, 0.3) is 0 Å². The predicted octanol–water partition coefficient (Wildman–Crippen LogP) is 5.90. The summed E-state index contributed by atoms with van der Waals surface area (Å²) in [5.41, 5.74) is 11.6. The fraction of sp³-hybridized carbons (Fsp3) is 0.607. The number of ether oxygens (including phenoxy) is 1. The van der Waals surface area contributed by atoms with Crippen LogP contribution in [0.4, 0.5) is 8.78 Å². The lowest BCUT2D eigenvalue weighted by molar-refractivity contribution is -0.125. The van der Waals surface area contributed by atoms with Crippen molar-refractivity contribution in [1.82, 2.24) is 5.01 Å². The largest absolute Gasteiger partial charge is 0.482 e. The first kappa shape index (κ1) is 35.7. The van der Waals surface area contributed by atoms with Crippen LogP contribution in [-0.4, -0.2) is 30.5 Å². The van der Waals surface area contributed by atoms with Gasteiger partial charge in [0.15, 0.2) is 17.3 Å². The summed E-state index contributed by atoms with van der Waals surface area (Å²) < 4.78 is 33.6. The van der Waals surface area contributed by atoms with Crippen LogP contribution in [0.15, 0.2) is 31.1 Å². The Hall–Kier alpha value is -2.45. The van der Waals surface area contributed by atoms with Crippen molar-refractivity contribution in [2.45, 2.75) is 86.1 Å². The van der Waals surface area contributed by atoms with E-state index in [0.29, 0.717) is 18.0 Å². The first-order valence-electron chi connectivity index (χ1n) is 12.9. The Morgan fingerprint density at radius 2 is 1.72 bits per heavy atom. The van der Waals surface area contributed by atoms with Crippen LogP contribution < -0.4 is 22.0 Å². The van der Waals surface area contributed by atoms with Crippen molar-refractivity contribution in [3.05, 3.63) is 53.9 Å². The molecule has 0 saturated heterocycles. The van der Waals surface area contributed by atoms with Crippen LogP contribution in [0.5, 0.6) is 5.75 Å². The molecule has 1 aliphatic rings. The predicted molar refractivity (Wildman–Crippen MR) is 147 cm³/mol. The zero-order chi connectivity index (χ0) is 28.4. The van der Waals surface area contributed by atoms with Crippen molar-refractivity contribution in [3.63, 3.8) is 0 Å². The van der Waals surface area contributed by atoms with Crippen molar-refractivity contribution in [2.75, 3.05) is 13.7 Å². The molecule has 0 aliphatic heterocycles. The Bertz CT molecular complexity index is 770. The van der Waals surface area contributed by atoms with Gasteiger partial charge in [-0.2, -0.15) is 0 Å². The maximum absolute atomic E-state index is 14.3. The topological polar surface area (TPSA) is 108 Å². The van der Waals surface area contributed by atoms with Crippen molar-refractivity contribution in [2.24, 2.45) is 29.1 Å². The monoisotopic (exact) mass is 512 g/mol. The molecule has 208 valence electrons. The Morgan fingerprint density at radius 1 is 1.19 bits per heavy atom. The van der Waals surface area contributed by atoms with E-state index in [1.54, 1.807) is 6.20 Å². The molecular weight excluding hydrogens is 462 g/mol. The van der Waals surface area contributed by atoms with E-state index < -0.39 is 24.3 Å². The van der Waals surface area contributed by atoms with Gasteiger partial charge in [0.05, 0.1) is 0 Å². The number of nitrogens with zero attached hydrogens (tertiary/aromatic N) is 1. The van der Waals surface area contributed by atoms with Crippen molar-refractivity contribution >= 4 is 5.78 Å². The number of hydrazine groups is 1. The highest BCUT2D eigenvalue weighted by Gasteiger charge is 2.25. The van der Waals surface area contributed by atoms with Gasteiger partial charge in [0.2, 0.25) is 0 Å². The van der Waals surface area contributed by atoms with Gasteiger partial charge in [-0.05, 0) is 63.6 Å². The number of rotatable bonds is 9. The maximum Gasteiger partial charge on any atom is 0.194 e.